The van der Waals surface area contributed by atoms with Gasteiger partial charge in [-0.2, -0.15) is 10.2 Å². The average molecular weight is 372 g/mol. The summed E-state index contributed by atoms with van der Waals surface area (Å²) in [5.41, 5.74) is 3.19. The molecule has 1 saturated heterocycles. The number of carbonyl (C=O) groups is 1. The second kappa shape index (κ2) is 8.70. The lowest BCUT2D eigenvalue weighted by atomic mass is 10.1. The molecule has 0 atom stereocenters. The molecule has 1 fully saturated rings. The first-order chi connectivity index (χ1) is 13.1. The Hall–Kier alpha value is -2.84. The van der Waals surface area contributed by atoms with E-state index in [1.54, 1.807) is 15.8 Å². The van der Waals surface area contributed by atoms with Crippen molar-refractivity contribution in [2.45, 2.75) is 26.7 Å². The Kier molecular flexibility index (Phi) is 6.10. The summed E-state index contributed by atoms with van der Waals surface area (Å²) in [6.07, 6.45) is 7.35. The van der Waals surface area contributed by atoms with Crippen LogP contribution < -0.4 is 10.2 Å². The Morgan fingerprint density at radius 3 is 2.85 bits per heavy atom. The molecule has 1 amide bonds. The number of hydrogen-bond acceptors (Lipinski definition) is 4. The SMILES string of the molecule is CCNC(=NCCCc1cn[nH]c1C)N1CCN(c2cnn(C)c2)C(=O)C1. The van der Waals surface area contributed by atoms with E-state index in [9.17, 15) is 4.79 Å². The van der Waals surface area contributed by atoms with Crippen molar-refractivity contribution < 1.29 is 4.79 Å². The molecule has 0 unspecified atom stereocenters. The molecule has 27 heavy (non-hydrogen) atoms. The minimum absolute atomic E-state index is 0.0638. The molecule has 0 spiro atoms. The molecule has 2 N–H and O–H groups in total. The number of carbonyl (C=O) groups excluding carboxylic acids is 1. The minimum Gasteiger partial charge on any atom is -0.357 e. The first-order valence-electron chi connectivity index (χ1n) is 9.39. The first-order valence-corrected chi connectivity index (χ1v) is 9.39. The topological polar surface area (TPSA) is 94.4 Å². The van der Waals surface area contributed by atoms with Crippen LogP contribution in [0.4, 0.5) is 5.69 Å². The second-order valence-electron chi connectivity index (χ2n) is 6.70. The number of aliphatic imine (C=N–C) groups is 1. The third-order valence-corrected chi connectivity index (χ3v) is 4.66. The number of hydrogen-bond donors (Lipinski definition) is 2. The van der Waals surface area contributed by atoms with Gasteiger partial charge in [-0.25, -0.2) is 0 Å². The molecule has 9 nitrogen and oxygen atoms in total. The van der Waals surface area contributed by atoms with E-state index in [0.717, 1.165) is 43.3 Å². The molecule has 1 aliphatic heterocycles. The van der Waals surface area contributed by atoms with Gasteiger partial charge in [0.25, 0.3) is 0 Å². The van der Waals surface area contributed by atoms with Gasteiger partial charge in [0.05, 0.1) is 18.1 Å². The van der Waals surface area contributed by atoms with Gasteiger partial charge in [0.2, 0.25) is 5.91 Å². The summed E-state index contributed by atoms with van der Waals surface area (Å²) < 4.78 is 1.71. The van der Waals surface area contributed by atoms with E-state index in [0.29, 0.717) is 19.6 Å². The molecule has 3 heterocycles. The number of rotatable bonds is 6. The fourth-order valence-corrected chi connectivity index (χ4v) is 3.18. The highest BCUT2D eigenvalue weighted by Crippen LogP contribution is 2.16. The molecule has 0 aliphatic carbocycles. The monoisotopic (exact) mass is 372 g/mol. The number of guanidine groups is 1. The van der Waals surface area contributed by atoms with Crippen molar-refractivity contribution >= 4 is 17.6 Å². The van der Waals surface area contributed by atoms with Crippen LogP contribution in [0.3, 0.4) is 0 Å². The Labute approximate surface area is 159 Å². The van der Waals surface area contributed by atoms with Gasteiger partial charge in [-0.15, -0.1) is 0 Å². The van der Waals surface area contributed by atoms with Crippen molar-refractivity contribution in [2.75, 3.05) is 37.6 Å². The second-order valence-corrected chi connectivity index (χ2v) is 6.70. The van der Waals surface area contributed by atoms with Crippen LogP contribution >= 0.6 is 0 Å². The van der Waals surface area contributed by atoms with Crippen LogP contribution in [0.25, 0.3) is 0 Å². The van der Waals surface area contributed by atoms with Crippen molar-refractivity contribution in [3.05, 3.63) is 29.8 Å². The highest BCUT2D eigenvalue weighted by atomic mass is 16.2. The number of anilines is 1. The molecular formula is C18H28N8O. The van der Waals surface area contributed by atoms with Gasteiger partial charge in [0, 0.05) is 45.1 Å². The molecule has 146 valence electrons. The van der Waals surface area contributed by atoms with Gasteiger partial charge in [-0.1, -0.05) is 0 Å². The number of piperazine rings is 1. The summed E-state index contributed by atoms with van der Waals surface area (Å²) in [6.45, 7) is 7.25. The van der Waals surface area contributed by atoms with E-state index in [1.165, 1.54) is 5.56 Å². The Bertz CT molecular complexity index is 793. The molecule has 0 radical (unpaired) electrons. The fourth-order valence-electron chi connectivity index (χ4n) is 3.18. The zero-order chi connectivity index (χ0) is 19.2. The van der Waals surface area contributed by atoms with Gasteiger partial charge >= 0.3 is 0 Å². The number of H-pyrrole nitrogens is 1. The van der Waals surface area contributed by atoms with Crippen LogP contribution in [0.15, 0.2) is 23.6 Å². The molecule has 3 rings (SSSR count). The van der Waals surface area contributed by atoms with Crippen LogP contribution in [0.2, 0.25) is 0 Å². The molecule has 0 bridgehead atoms. The Balaban J connectivity index is 1.56. The molecule has 9 heteroatoms. The predicted molar refractivity (Wildman–Crippen MR) is 105 cm³/mol. The largest absolute Gasteiger partial charge is 0.357 e. The lowest BCUT2D eigenvalue weighted by molar-refractivity contribution is -0.120. The lowest BCUT2D eigenvalue weighted by Crippen LogP contribution is -2.55. The zero-order valence-electron chi connectivity index (χ0n) is 16.3. The van der Waals surface area contributed by atoms with Gasteiger partial charge in [0.1, 0.15) is 6.54 Å². The molecule has 2 aromatic heterocycles. The number of amides is 1. The lowest BCUT2D eigenvalue weighted by Gasteiger charge is -2.35. The molecular weight excluding hydrogens is 344 g/mol. The van der Waals surface area contributed by atoms with Gasteiger partial charge in [-0.3, -0.25) is 19.6 Å². The fraction of sp³-hybridized carbons (Fsp3) is 0.556. The van der Waals surface area contributed by atoms with Crippen molar-refractivity contribution in [1.29, 1.82) is 0 Å². The third-order valence-electron chi connectivity index (χ3n) is 4.66. The molecule has 0 aromatic carbocycles. The number of nitrogens with zero attached hydrogens (tertiary/aromatic N) is 6. The van der Waals surface area contributed by atoms with E-state index in [2.05, 4.69) is 20.6 Å². The molecule has 2 aromatic rings. The first kappa shape index (κ1) is 18.9. The zero-order valence-corrected chi connectivity index (χ0v) is 16.3. The van der Waals surface area contributed by atoms with Crippen molar-refractivity contribution in [3.63, 3.8) is 0 Å². The van der Waals surface area contributed by atoms with Crippen LogP contribution in [0.5, 0.6) is 0 Å². The summed E-state index contributed by atoms with van der Waals surface area (Å²) in [5.74, 6) is 0.870. The quantitative estimate of drug-likeness (QED) is 0.442. The van der Waals surface area contributed by atoms with Gasteiger partial charge in [-0.05, 0) is 32.3 Å². The maximum Gasteiger partial charge on any atom is 0.246 e. The van der Waals surface area contributed by atoms with E-state index < -0.39 is 0 Å². The van der Waals surface area contributed by atoms with Gasteiger partial charge < -0.3 is 15.1 Å². The number of aryl methyl sites for hydroxylation is 3. The maximum absolute atomic E-state index is 12.6. The predicted octanol–water partition coefficient (Wildman–Crippen LogP) is 0.699. The Morgan fingerprint density at radius 1 is 1.37 bits per heavy atom. The van der Waals surface area contributed by atoms with E-state index in [-0.39, 0.29) is 5.91 Å². The summed E-state index contributed by atoms with van der Waals surface area (Å²) in [5, 5.41) is 14.5. The van der Waals surface area contributed by atoms with Crippen molar-refractivity contribution in [1.82, 2.24) is 30.2 Å². The highest BCUT2D eigenvalue weighted by Gasteiger charge is 2.27. The third kappa shape index (κ3) is 4.66. The number of aromatic amines is 1. The van der Waals surface area contributed by atoms with E-state index in [4.69, 9.17) is 4.99 Å². The minimum atomic E-state index is 0.0638. The highest BCUT2D eigenvalue weighted by molar-refractivity contribution is 5.98. The normalized spacial score (nSPS) is 15.5. The van der Waals surface area contributed by atoms with E-state index >= 15 is 0 Å². The van der Waals surface area contributed by atoms with E-state index in [1.807, 2.05) is 38.2 Å². The molecule has 1 aliphatic rings. The summed E-state index contributed by atoms with van der Waals surface area (Å²) >= 11 is 0. The van der Waals surface area contributed by atoms with Crippen LogP contribution in [-0.2, 0) is 18.3 Å². The maximum atomic E-state index is 12.6. The number of nitrogens with one attached hydrogen (secondary N) is 2. The summed E-state index contributed by atoms with van der Waals surface area (Å²) in [6, 6.07) is 0. The van der Waals surface area contributed by atoms with Gasteiger partial charge in [0.15, 0.2) is 5.96 Å². The summed E-state index contributed by atoms with van der Waals surface area (Å²) in [7, 11) is 1.85. The van der Waals surface area contributed by atoms with Crippen molar-refractivity contribution in [2.24, 2.45) is 12.0 Å². The average Bonchev–Trinajstić information content (AvgIpc) is 3.26. The van der Waals surface area contributed by atoms with Crippen LogP contribution in [-0.4, -0.2) is 69.5 Å². The van der Waals surface area contributed by atoms with Crippen molar-refractivity contribution in [3.8, 4) is 0 Å². The number of aromatic nitrogens is 4. The van der Waals surface area contributed by atoms with Crippen LogP contribution in [0, 0.1) is 6.92 Å². The standard InChI is InChI=1S/C18H28N8O/c1-4-19-18(20-7-5-6-15-10-21-23-14(15)2)25-8-9-26(17(27)13-25)16-11-22-24(3)12-16/h10-12H,4-9,13H2,1-3H3,(H,19,20)(H,21,23). The van der Waals surface area contributed by atoms with Crippen LogP contribution in [0.1, 0.15) is 24.6 Å². The molecule has 0 saturated carbocycles. The summed E-state index contributed by atoms with van der Waals surface area (Å²) in [4.78, 5) is 21.1. The Morgan fingerprint density at radius 2 is 2.22 bits per heavy atom. The smallest absolute Gasteiger partial charge is 0.246 e.